The number of aliphatic hydroxyl groups excluding tert-OH is 1. The van der Waals surface area contributed by atoms with Gasteiger partial charge >= 0.3 is 6.03 Å². The van der Waals surface area contributed by atoms with Crippen LogP contribution in [0.2, 0.25) is 5.02 Å². The second kappa shape index (κ2) is 10.8. The van der Waals surface area contributed by atoms with Gasteiger partial charge < -0.3 is 20.6 Å². The molecule has 2 amide bonds. The topological polar surface area (TPSA) is 103 Å². The number of pyridine rings is 1. The van der Waals surface area contributed by atoms with Crippen LogP contribution in [0.3, 0.4) is 0 Å². The molecule has 1 aliphatic rings. The van der Waals surface area contributed by atoms with E-state index in [1.165, 1.54) is 18.2 Å². The number of aromatic nitrogens is 3. The first-order chi connectivity index (χ1) is 16.4. The number of hydrogen-bond donors (Lipinski definition) is 3. The highest BCUT2D eigenvalue weighted by Gasteiger charge is 2.25. The summed E-state index contributed by atoms with van der Waals surface area (Å²) >= 11 is 5.85. The minimum atomic E-state index is -0.704. The van der Waals surface area contributed by atoms with E-state index < -0.39 is 11.9 Å². The zero-order valence-corrected chi connectivity index (χ0v) is 19.5. The largest absolute Gasteiger partial charge is 0.394 e. The molecule has 1 atom stereocenters. The number of benzene rings is 1. The second-order valence-corrected chi connectivity index (χ2v) is 8.55. The molecule has 0 unspecified atom stereocenters. The zero-order chi connectivity index (χ0) is 24.1. The van der Waals surface area contributed by atoms with Crippen LogP contribution in [-0.4, -0.2) is 50.7 Å². The molecular weight excluding hydrogens is 459 g/mol. The van der Waals surface area contributed by atoms with Crippen molar-refractivity contribution in [1.82, 2.24) is 25.2 Å². The van der Waals surface area contributed by atoms with Crippen LogP contribution in [0.15, 0.2) is 42.6 Å². The number of nitrogens with zero attached hydrogens (tertiary/aromatic N) is 4. The summed E-state index contributed by atoms with van der Waals surface area (Å²) in [6.45, 7) is 3.07. The highest BCUT2D eigenvalue weighted by Crippen LogP contribution is 2.22. The lowest BCUT2D eigenvalue weighted by Crippen LogP contribution is -2.45. The van der Waals surface area contributed by atoms with Gasteiger partial charge in [0.25, 0.3) is 0 Å². The number of anilines is 1. The van der Waals surface area contributed by atoms with E-state index in [0.29, 0.717) is 37.6 Å². The molecule has 0 saturated carbocycles. The van der Waals surface area contributed by atoms with E-state index >= 15 is 0 Å². The van der Waals surface area contributed by atoms with Gasteiger partial charge in [-0.3, -0.25) is 4.98 Å². The zero-order valence-electron chi connectivity index (χ0n) is 18.8. The normalized spacial score (nSPS) is 13.8. The fourth-order valence-electron chi connectivity index (χ4n) is 3.81. The lowest BCUT2D eigenvalue weighted by molar-refractivity contribution is 0.176. The van der Waals surface area contributed by atoms with Gasteiger partial charge in [-0.1, -0.05) is 23.7 Å². The molecule has 3 heterocycles. The number of halogens is 2. The molecule has 2 aromatic heterocycles. The molecule has 0 aliphatic carbocycles. The van der Waals surface area contributed by atoms with Gasteiger partial charge in [-0.2, -0.15) is 0 Å². The molecule has 3 N–H and O–H groups in total. The SMILES string of the molecule is Cc1cccc(CCNc2ncc3c(n2)CN(C(=O)N[C@H](CO)c2ccc(F)c(Cl)c2)CC3)n1. The van der Waals surface area contributed by atoms with Crippen molar-refractivity contribution < 1.29 is 14.3 Å². The summed E-state index contributed by atoms with van der Waals surface area (Å²) in [5, 5.41) is 15.7. The van der Waals surface area contributed by atoms with Gasteiger partial charge in [-0.15, -0.1) is 0 Å². The van der Waals surface area contributed by atoms with Gasteiger partial charge in [0, 0.05) is 37.1 Å². The van der Waals surface area contributed by atoms with Gasteiger partial charge in [0.1, 0.15) is 5.82 Å². The number of carbonyl (C=O) groups is 1. The van der Waals surface area contributed by atoms with Crippen LogP contribution in [0, 0.1) is 12.7 Å². The number of hydrogen-bond acceptors (Lipinski definition) is 6. The summed E-state index contributed by atoms with van der Waals surface area (Å²) in [6.07, 6.45) is 3.16. The number of carbonyl (C=O) groups excluding carboxylic acids is 1. The van der Waals surface area contributed by atoms with Crippen LogP contribution >= 0.6 is 11.6 Å². The third-order valence-corrected chi connectivity index (χ3v) is 5.96. The first-order valence-corrected chi connectivity index (χ1v) is 11.4. The Morgan fingerprint density at radius 2 is 2.15 bits per heavy atom. The van der Waals surface area contributed by atoms with Crippen LogP contribution < -0.4 is 10.6 Å². The number of aliphatic hydroxyl groups is 1. The lowest BCUT2D eigenvalue weighted by Gasteiger charge is -2.30. The molecule has 3 aromatic rings. The minimum Gasteiger partial charge on any atom is -0.394 e. The molecule has 1 aliphatic heterocycles. The highest BCUT2D eigenvalue weighted by molar-refractivity contribution is 6.30. The Balaban J connectivity index is 1.36. The van der Waals surface area contributed by atoms with Crippen molar-refractivity contribution in [2.24, 2.45) is 0 Å². The predicted octanol–water partition coefficient (Wildman–Crippen LogP) is 3.43. The Morgan fingerprint density at radius 3 is 2.91 bits per heavy atom. The monoisotopic (exact) mass is 484 g/mol. The van der Waals surface area contributed by atoms with Crippen molar-refractivity contribution in [2.75, 3.05) is 25.0 Å². The number of nitrogens with one attached hydrogen (secondary N) is 2. The molecule has 0 radical (unpaired) electrons. The third-order valence-electron chi connectivity index (χ3n) is 5.67. The Morgan fingerprint density at radius 1 is 1.29 bits per heavy atom. The average Bonchev–Trinajstić information content (AvgIpc) is 2.84. The molecule has 34 heavy (non-hydrogen) atoms. The van der Waals surface area contributed by atoms with Crippen molar-refractivity contribution in [3.63, 3.8) is 0 Å². The van der Waals surface area contributed by atoms with E-state index in [-0.39, 0.29) is 17.7 Å². The van der Waals surface area contributed by atoms with Crippen LogP contribution in [0.4, 0.5) is 15.1 Å². The summed E-state index contributed by atoms with van der Waals surface area (Å²) in [6, 6.07) is 8.99. The molecule has 0 spiro atoms. The Bertz CT molecular complexity index is 1180. The maximum absolute atomic E-state index is 13.5. The van der Waals surface area contributed by atoms with E-state index in [1.807, 2.05) is 25.1 Å². The Labute approximate surface area is 202 Å². The van der Waals surface area contributed by atoms with E-state index in [2.05, 4.69) is 25.6 Å². The fraction of sp³-hybridized carbons (Fsp3) is 0.333. The molecule has 10 heteroatoms. The van der Waals surface area contributed by atoms with Crippen LogP contribution in [-0.2, 0) is 19.4 Å². The standard InChI is InChI=1S/C24H26ClFN6O2/c1-15-3-2-4-18(29-15)7-9-27-23-28-12-17-8-10-32(13-21(17)30-23)24(34)31-22(14-33)16-5-6-20(26)19(25)11-16/h2-6,11-12,22,33H,7-10,13-14H2,1H3,(H,31,34)(H,27,28,30)/t22-/m1/s1. The minimum absolute atomic E-state index is 0.0630. The molecule has 0 saturated heterocycles. The van der Waals surface area contributed by atoms with E-state index in [1.54, 1.807) is 11.1 Å². The summed E-state index contributed by atoms with van der Waals surface area (Å²) < 4.78 is 13.5. The fourth-order valence-corrected chi connectivity index (χ4v) is 4.00. The molecule has 178 valence electrons. The van der Waals surface area contributed by atoms with Gasteiger partial charge in [0.2, 0.25) is 5.95 Å². The van der Waals surface area contributed by atoms with E-state index in [4.69, 9.17) is 11.6 Å². The van der Waals surface area contributed by atoms with Gasteiger partial charge in [0.05, 0.1) is 29.9 Å². The van der Waals surface area contributed by atoms with Crippen molar-refractivity contribution >= 4 is 23.6 Å². The summed E-state index contributed by atoms with van der Waals surface area (Å²) in [5.41, 5.74) is 4.27. The van der Waals surface area contributed by atoms with Gasteiger partial charge in [0.15, 0.2) is 0 Å². The molecule has 4 rings (SSSR count). The first-order valence-electron chi connectivity index (χ1n) is 11.1. The van der Waals surface area contributed by atoms with Crippen molar-refractivity contribution in [1.29, 1.82) is 0 Å². The summed E-state index contributed by atoms with van der Waals surface area (Å²) in [4.78, 5) is 28.0. The summed E-state index contributed by atoms with van der Waals surface area (Å²) in [5.74, 6) is -0.0526. The van der Waals surface area contributed by atoms with Gasteiger partial charge in [-0.05, 0) is 48.7 Å². The number of rotatable bonds is 7. The number of aryl methyl sites for hydroxylation is 1. The van der Waals surface area contributed by atoms with Gasteiger partial charge in [-0.25, -0.2) is 19.2 Å². The van der Waals surface area contributed by atoms with Crippen LogP contribution in [0.1, 0.15) is 34.3 Å². The smallest absolute Gasteiger partial charge is 0.318 e. The number of urea groups is 1. The first kappa shape index (κ1) is 23.8. The summed E-state index contributed by atoms with van der Waals surface area (Å²) in [7, 11) is 0. The Hall–Kier alpha value is -3.30. The Kier molecular flexibility index (Phi) is 7.54. The van der Waals surface area contributed by atoms with Crippen molar-refractivity contribution in [3.05, 3.63) is 81.6 Å². The van der Waals surface area contributed by atoms with Crippen LogP contribution in [0.25, 0.3) is 0 Å². The quantitative estimate of drug-likeness (QED) is 0.474. The number of fused-ring (bicyclic) bond motifs is 1. The maximum Gasteiger partial charge on any atom is 0.318 e. The second-order valence-electron chi connectivity index (χ2n) is 8.14. The van der Waals surface area contributed by atoms with Crippen molar-refractivity contribution in [3.8, 4) is 0 Å². The molecule has 0 bridgehead atoms. The molecule has 8 nitrogen and oxygen atoms in total. The van der Waals surface area contributed by atoms with Crippen molar-refractivity contribution in [2.45, 2.75) is 32.4 Å². The van der Waals surface area contributed by atoms with Crippen LogP contribution in [0.5, 0.6) is 0 Å². The molecule has 0 fully saturated rings. The lowest BCUT2D eigenvalue weighted by atomic mass is 10.1. The van der Waals surface area contributed by atoms with E-state index in [9.17, 15) is 14.3 Å². The predicted molar refractivity (Wildman–Crippen MR) is 127 cm³/mol. The average molecular weight is 485 g/mol. The number of amides is 2. The molecular formula is C24H26ClFN6O2. The third kappa shape index (κ3) is 5.78. The van der Waals surface area contributed by atoms with E-state index in [0.717, 1.165) is 29.1 Å². The maximum atomic E-state index is 13.5. The molecule has 1 aromatic carbocycles. The highest BCUT2D eigenvalue weighted by atomic mass is 35.5.